The SMILES string of the molecule is CCCN(CCC)C(=O)C(C)(C)C(=O)N1CCc2ccccc2C1. The van der Waals surface area contributed by atoms with Crippen molar-refractivity contribution in [2.75, 3.05) is 19.6 Å². The quantitative estimate of drug-likeness (QED) is 0.751. The summed E-state index contributed by atoms with van der Waals surface area (Å²) in [5.74, 6) is -0.103. The molecule has 2 rings (SSSR count). The van der Waals surface area contributed by atoms with E-state index in [1.54, 1.807) is 13.8 Å². The van der Waals surface area contributed by atoms with Crippen molar-refractivity contribution in [2.45, 2.75) is 53.5 Å². The predicted molar refractivity (Wildman–Crippen MR) is 96.5 cm³/mol. The van der Waals surface area contributed by atoms with E-state index >= 15 is 0 Å². The Kier molecular flexibility index (Phi) is 6.03. The highest BCUT2D eigenvalue weighted by atomic mass is 16.2. The summed E-state index contributed by atoms with van der Waals surface area (Å²) in [5.41, 5.74) is 1.50. The first-order valence-corrected chi connectivity index (χ1v) is 9.07. The van der Waals surface area contributed by atoms with Crippen molar-refractivity contribution in [3.63, 3.8) is 0 Å². The molecule has 4 heteroatoms. The van der Waals surface area contributed by atoms with Gasteiger partial charge in [0.05, 0.1) is 0 Å². The predicted octanol–water partition coefficient (Wildman–Crippen LogP) is 3.25. The molecule has 0 saturated heterocycles. The van der Waals surface area contributed by atoms with Crippen LogP contribution in [0, 0.1) is 5.41 Å². The molecule has 132 valence electrons. The van der Waals surface area contributed by atoms with Crippen LogP contribution in [-0.4, -0.2) is 41.2 Å². The molecular weight excluding hydrogens is 300 g/mol. The Hall–Kier alpha value is -1.84. The molecule has 24 heavy (non-hydrogen) atoms. The van der Waals surface area contributed by atoms with Gasteiger partial charge in [-0.1, -0.05) is 38.1 Å². The second-order valence-corrected chi connectivity index (χ2v) is 7.16. The van der Waals surface area contributed by atoms with Crippen molar-refractivity contribution >= 4 is 11.8 Å². The van der Waals surface area contributed by atoms with Crippen molar-refractivity contribution in [3.8, 4) is 0 Å². The Bertz CT molecular complexity index is 589. The van der Waals surface area contributed by atoms with Crippen LogP contribution in [0.3, 0.4) is 0 Å². The highest BCUT2D eigenvalue weighted by Crippen LogP contribution is 2.27. The van der Waals surface area contributed by atoms with Gasteiger partial charge in [-0.05, 0) is 44.2 Å². The van der Waals surface area contributed by atoms with Crippen LogP contribution < -0.4 is 0 Å². The molecule has 2 amide bonds. The van der Waals surface area contributed by atoms with Gasteiger partial charge in [0.25, 0.3) is 0 Å². The van der Waals surface area contributed by atoms with Crippen molar-refractivity contribution in [2.24, 2.45) is 5.41 Å². The van der Waals surface area contributed by atoms with Crippen molar-refractivity contribution in [1.29, 1.82) is 0 Å². The third-order valence-corrected chi connectivity index (χ3v) is 4.76. The first kappa shape index (κ1) is 18.5. The lowest BCUT2D eigenvalue weighted by atomic mass is 9.88. The van der Waals surface area contributed by atoms with Gasteiger partial charge >= 0.3 is 0 Å². The van der Waals surface area contributed by atoms with Gasteiger partial charge in [-0.2, -0.15) is 0 Å². The molecule has 0 N–H and O–H groups in total. The lowest BCUT2D eigenvalue weighted by Gasteiger charge is -2.37. The zero-order valence-electron chi connectivity index (χ0n) is 15.5. The van der Waals surface area contributed by atoms with E-state index in [0.717, 1.165) is 19.3 Å². The number of carbonyl (C=O) groups excluding carboxylic acids is 2. The minimum absolute atomic E-state index is 0.0462. The first-order chi connectivity index (χ1) is 11.4. The van der Waals surface area contributed by atoms with E-state index in [1.807, 2.05) is 21.9 Å². The molecule has 1 aromatic rings. The average molecular weight is 330 g/mol. The molecule has 1 heterocycles. The summed E-state index contributed by atoms with van der Waals surface area (Å²) < 4.78 is 0. The Morgan fingerprint density at radius 3 is 2.25 bits per heavy atom. The second-order valence-electron chi connectivity index (χ2n) is 7.16. The summed E-state index contributed by atoms with van der Waals surface area (Å²) in [4.78, 5) is 29.7. The van der Waals surface area contributed by atoms with Crippen LogP contribution in [0.15, 0.2) is 24.3 Å². The maximum absolute atomic E-state index is 13.1. The van der Waals surface area contributed by atoms with E-state index in [-0.39, 0.29) is 11.8 Å². The molecule has 0 fully saturated rings. The van der Waals surface area contributed by atoms with Crippen LogP contribution in [0.1, 0.15) is 51.7 Å². The van der Waals surface area contributed by atoms with E-state index in [1.165, 1.54) is 11.1 Å². The van der Waals surface area contributed by atoms with Crippen LogP contribution in [-0.2, 0) is 22.6 Å². The Morgan fingerprint density at radius 2 is 1.67 bits per heavy atom. The van der Waals surface area contributed by atoms with Crippen LogP contribution in [0.2, 0.25) is 0 Å². The molecule has 1 aliphatic heterocycles. The lowest BCUT2D eigenvalue weighted by Crippen LogP contribution is -2.52. The summed E-state index contributed by atoms with van der Waals surface area (Å²) in [5, 5.41) is 0. The van der Waals surface area contributed by atoms with Crippen molar-refractivity contribution in [1.82, 2.24) is 9.80 Å². The fraction of sp³-hybridized carbons (Fsp3) is 0.600. The number of fused-ring (bicyclic) bond motifs is 1. The summed E-state index contributed by atoms with van der Waals surface area (Å²) in [7, 11) is 0. The van der Waals surface area contributed by atoms with Crippen molar-refractivity contribution < 1.29 is 9.59 Å². The van der Waals surface area contributed by atoms with Crippen LogP contribution in [0.25, 0.3) is 0 Å². The van der Waals surface area contributed by atoms with E-state index in [0.29, 0.717) is 26.2 Å². The zero-order chi connectivity index (χ0) is 17.7. The molecule has 0 unspecified atom stereocenters. The third-order valence-electron chi connectivity index (χ3n) is 4.76. The van der Waals surface area contributed by atoms with Gasteiger partial charge in [-0.3, -0.25) is 9.59 Å². The monoisotopic (exact) mass is 330 g/mol. The summed E-state index contributed by atoms with van der Waals surface area (Å²) in [6.07, 6.45) is 2.68. The van der Waals surface area contributed by atoms with Crippen LogP contribution in [0.5, 0.6) is 0 Å². The number of hydrogen-bond acceptors (Lipinski definition) is 2. The Morgan fingerprint density at radius 1 is 1.08 bits per heavy atom. The maximum Gasteiger partial charge on any atom is 0.238 e. The molecule has 0 bridgehead atoms. The highest BCUT2D eigenvalue weighted by molar-refractivity contribution is 6.04. The molecule has 1 aliphatic rings. The first-order valence-electron chi connectivity index (χ1n) is 9.07. The molecule has 0 spiro atoms. The molecule has 0 saturated carbocycles. The van der Waals surface area contributed by atoms with E-state index in [9.17, 15) is 9.59 Å². The van der Waals surface area contributed by atoms with Gasteiger partial charge in [0.1, 0.15) is 5.41 Å². The number of hydrogen-bond donors (Lipinski definition) is 0. The Balaban J connectivity index is 2.14. The number of benzene rings is 1. The zero-order valence-corrected chi connectivity index (χ0v) is 15.5. The van der Waals surface area contributed by atoms with Gasteiger partial charge < -0.3 is 9.80 Å². The summed E-state index contributed by atoms with van der Waals surface area (Å²) >= 11 is 0. The van der Waals surface area contributed by atoms with E-state index in [2.05, 4.69) is 26.0 Å². The van der Waals surface area contributed by atoms with Gasteiger partial charge in [-0.25, -0.2) is 0 Å². The van der Waals surface area contributed by atoms with Gasteiger partial charge in [0, 0.05) is 26.2 Å². The average Bonchev–Trinajstić information content (AvgIpc) is 2.59. The largest absolute Gasteiger partial charge is 0.342 e. The molecule has 0 radical (unpaired) electrons. The van der Waals surface area contributed by atoms with Gasteiger partial charge in [0.15, 0.2) is 0 Å². The molecule has 4 nitrogen and oxygen atoms in total. The third kappa shape index (κ3) is 3.80. The lowest BCUT2D eigenvalue weighted by molar-refractivity contribution is -0.154. The minimum atomic E-state index is -1.00. The number of rotatable bonds is 6. The van der Waals surface area contributed by atoms with Crippen LogP contribution in [0.4, 0.5) is 0 Å². The molecule has 0 atom stereocenters. The molecule has 1 aromatic carbocycles. The smallest absolute Gasteiger partial charge is 0.238 e. The van der Waals surface area contributed by atoms with Crippen molar-refractivity contribution in [3.05, 3.63) is 35.4 Å². The topological polar surface area (TPSA) is 40.6 Å². The highest BCUT2D eigenvalue weighted by Gasteiger charge is 2.42. The summed E-state index contributed by atoms with van der Waals surface area (Å²) in [6.45, 7) is 10.4. The number of amides is 2. The standard InChI is InChI=1S/C20H30N2O2/c1-5-12-21(13-6-2)18(23)20(3,4)19(24)22-14-11-16-9-7-8-10-17(16)15-22/h7-10H,5-6,11-15H2,1-4H3. The molecule has 0 aromatic heterocycles. The Labute approximate surface area is 145 Å². The number of nitrogens with zero attached hydrogens (tertiary/aromatic N) is 2. The number of carbonyl (C=O) groups is 2. The fourth-order valence-corrected chi connectivity index (χ4v) is 3.41. The molecular formula is C20H30N2O2. The van der Waals surface area contributed by atoms with Crippen LogP contribution >= 0.6 is 0 Å². The van der Waals surface area contributed by atoms with Gasteiger partial charge in [-0.15, -0.1) is 0 Å². The second kappa shape index (κ2) is 7.82. The normalized spacial score (nSPS) is 14.2. The molecule has 0 aliphatic carbocycles. The maximum atomic E-state index is 13.1. The van der Waals surface area contributed by atoms with E-state index < -0.39 is 5.41 Å². The van der Waals surface area contributed by atoms with Gasteiger partial charge in [0.2, 0.25) is 11.8 Å². The van der Waals surface area contributed by atoms with E-state index in [4.69, 9.17) is 0 Å². The minimum Gasteiger partial charge on any atom is -0.342 e. The fourth-order valence-electron chi connectivity index (χ4n) is 3.41. The summed E-state index contributed by atoms with van der Waals surface area (Å²) in [6, 6.07) is 8.24.